The van der Waals surface area contributed by atoms with Crippen LogP contribution in [0.5, 0.6) is 0 Å². The molecule has 0 saturated carbocycles. The van der Waals surface area contributed by atoms with E-state index in [9.17, 15) is 9.59 Å². The predicted molar refractivity (Wildman–Crippen MR) is 108 cm³/mol. The molecule has 27 heavy (non-hydrogen) atoms. The van der Waals surface area contributed by atoms with Gasteiger partial charge in [-0.3, -0.25) is 9.59 Å². The number of carbonyl (C=O) groups is 2. The average Bonchev–Trinajstić information content (AvgIpc) is 2.84. The lowest BCUT2D eigenvalue weighted by Gasteiger charge is -2.22. The second-order valence-electron chi connectivity index (χ2n) is 7.67. The van der Waals surface area contributed by atoms with Crippen molar-refractivity contribution in [2.45, 2.75) is 26.3 Å². The summed E-state index contributed by atoms with van der Waals surface area (Å²) in [6.07, 6.45) is 0.324. The fraction of sp³-hybridized carbons (Fsp3) is 0.333. The zero-order valence-corrected chi connectivity index (χ0v) is 15.7. The summed E-state index contributed by atoms with van der Waals surface area (Å²) in [5.74, 6) is -0.269. The maximum absolute atomic E-state index is 12.5. The summed E-state index contributed by atoms with van der Waals surface area (Å²) in [5.41, 5.74) is 8.51. The van der Waals surface area contributed by atoms with E-state index >= 15 is 0 Å². The maximum atomic E-state index is 12.5. The molecule has 1 atom stereocenters. The van der Waals surface area contributed by atoms with E-state index in [0.29, 0.717) is 30.8 Å². The molecule has 5 N–H and O–H groups in total. The van der Waals surface area contributed by atoms with Crippen LogP contribution >= 0.6 is 0 Å². The number of anilines is 2. The molecule has 0 fully saturated rings. The lowest BCUT2D eigenvalue weighted by atomic mass is 9.94. The van der Waals surface area contributed by atoms with Crippen LogP contribution in [0.25, 0.3) is 0 Å². The van der Waals surface area contributed by atoms with Gasteiger partial charge in [0.25, 0.3) is 5.91 Å². The van der Waals surface area contributed by atoms with E-state index in [1.54, 1.807) is 12.1 Å². The van der Waals surface area contributed by atoms with Crippen LogP contribution in [-0.2, 0) is 4.79 Å². The third-order valence-corrected chi connectivity index (χ3v) is 4.76. The van der Waals surface area contributed by atoms with Crippen molar-refractivity contribution in [2.24, 2.45) is 11.1 Å². The number of rotatable bonds is 5. The lowest BCUT2D eigenvalue weighted by molar-refractivity contribution is -0.116. The van der Waals surface area contributed by atoms with Gasteiger partial charge in [-0.15, -0.1) is 0 Å². The molecule has 0 aromatic heterocycles. The standard InChI is InChI=1S/C21H26N4O2/c1-21(2,12-22)13-23-20(27)15-8-9-16-18(10-15)25-19(26)11-17(24-16)14-6-4-3-5-7-14/h3-10,17,24H,11-13,22H2,1-2H3,(H,23,27)(H,25,26). The molecule has 2 aromatic rings. The Kier molecular flexibility index (Phi) is 5.46. The van der Waals surface area contributed by atoms with Crippen molar-refractivity contribution in [3.63, 3.8) is 0 Å². The molecule has 1 aliphatic rings. The molecule has 0 saturated heterocycles. The third-order valence-electron chi connectivity index (χ3n) is 4.76. The van der Waals surface area contributed by atoms with Gasteiger partial charge in [0, 0.05) is 12.1 Å². The fourth-order valence-electron chi connectivity index (χ4n) is 2.92. The Balaban J connectivity index is 1.79. The van der Waals surface area contributed by atoms with Crippen LogP contribution in [0.3, 0.4) is 0 Å². The van der Waals surface area contributed by atoms with Crippen molar-refractivity contribution in [1.82, 2.24) is 5.32 Å². The Hall–Kier alpha value is -2.86. The summed E-state index contributed by atoms with van der Waals surface area (Å²) in [6.45, 7) is 4.97. The largest absolute Gasteiger partial charge is 0.376 e. The minimum Gasteiger partial charge on any atom is -0.376 e. The number of fused-ring (bicyclic) bond motifs is 1. The summed E-state index contributed by atoms with van der Waals surface area (Å²) in [4.78, 5) is 24.8. The highest BCUT2D eigenvalue weighted by Gasteiger charge is 2.23. The van der Waals surface area contributed by atoms with Gasteiger partial charge in [0.15, 0.2) is 0 Å². The molecule has 2 amide bonds. The topological polar surface area (TPSA) is 96.2 Å². The van der Waals surface area contributed by atoms with Gasteiger partial charge in [-0.05, 0) is 35.7 Å². The van der Waals surface area contributed by atoms with Gasteiger partial charge in [0.2, 0.25) is 5.91 Å². The zero-order chi connectivity index (χ0) is 19.4. The molecule has 2 aromatic carbocycles. The molecule has 1 heterocycles. The first-order chi connectivity index (χ1) is 12.9. The average molecular weight is 366 g/mol. The molecular formula is C21H26N4O2. The van der Waals surface area contributed by atoms with Gasteiger partial charge in [-0.1, -0.05) is 44.2 Å². The van der Waals surface area contributed by atoms with Gasteiger partial charge in [-0.25, -0.2) is 0 Å². The van der Waals surface area contributed by atoms with Crippen LogP contribution in [0.4, 0.5) is 11.4 Å². The van der Waals surface area contributed by atoms with Gasteiger partial charge >= 0.3 is 0 Å². The first kappa shape index (κ1) is 18.9. The second-order valence-corrected chi connectivity index (χ2v) is 7.67. The van der Waals surface area contributed by atoms with E-state index in [2.05, 4.69) is 16.0 Å². The normalized spacial score (nSPS) is 16.6. The monoisotopic (exact) mass is 366 g/mol. The van der Waals surface area contributed by atoms with E-state index in [0.717, 1.165) is 11.3 Å². The van der Waals surface area contributed by atoms with Gasteiger partial charge < -0.3 is 21.7 Å². The molecule has 0 spiro atoms. The quantitative estimate of drug-likeness (QED) is 0.654. The molecule has 0 bridgehead atoms. The molecular weight excluding hydrogens is 340 g/mol. The summed E-state index contributed by atoms with van der Waals surface area (Å²) in [7, 11) is 0. The van der Waals surface area contributed by atoms with E-state index in [1.165, 1.54) is 0 Å². The van der Waals surface area contributed by atoms with Crippen molar-refractivity contribution in [1.29, 1.82) is 0 Å². The predicted octanol–water partition coefficient (Wildman–Crippen LogP) is 2.90. The number of amides is 2. The first-order valence-corrected chi connectivity index (χ1v) is 9.12. The van der Waals surface area contributed by atoms with E-state index in [1.807, 2.05) is 50.2 Å². The molecule has 6 heteroatoms. The molecule has 1 aliphatic heterocycles. The van der Waals surface area contributed by atoms with E-state index < -0.39 is 0 Å². The number of hydrogen-bond donors (Lipinski definition) is 4. The van der Waals surface area contributed by atoms with Gasteiger partial charge in [0.1, 0.15) is 0 Å². The van der Waals surface area contributed by atoms with Crippen LogP contribution in [0.2, 0.25) is 0 Å². The Labute approximate surface area is 159 Å². The minimum atomic E-state index is -0.183. The van der Waals surface area contributed by atoms with Crippen LogP contribution in [0.1, 0.15) is 42.2 Å². The number of carbonyl (C=O) groups excluding carboxylic acids is 2. The third kappa shape index (κ3) is 4.65. The number of nitrogens with one attached hydrogen (secondary N) is 3. The summed E-state index contributed by atoms with van der Waals surface area (Å²) in [5, 5.41) is 9.21. The van der Waals surface area contributed by atoms with Crippen LogP contribution in [0, 0.1) is 5.41 Å². The first-order valence-electron chi connectivity index (χ1n) is 9.12. The van der Waals surface area contributed by atoms with Crippen molar-refractivity contribution in [3.05, 3.63) is 59.7 Å². The minimum absolute atomic E-state index is 0.0862. The molecule has 0 radical (unpaired) electrons. The highest BCUT2D eigenvalue weighted by atomic mass is 16.2. The zero-order valence-electron chi connectivity index (χ0n) is 15.7. The highest BCUT2D eigenvalue weighted by molar-refractivity contribution is 6.01. The Bertz CT molecular complexity index is 833. The smallest absolute Gasteiger partial charge is 0.251 e. The van der Waals surface area contributed by atoms with Crippen molar-refractivity contribution < 1.29 is 9.59 Å². The van der Waals surface area contributed by atoms with Crippen molar-refractivity contribution >= 4 is 23.2 Å². The molecule has 0 aliphatic carbocycles. The SMILES string of the molecule is CC(C)(CN)CNC(=O)c1ccc2c(c1)NC(=O)CC(c1ccccc1)N2. The van der Waals surface area contributed by atoms with Gasteiger partial charge in [-0.2, -0.15) is 0 Å². The number of nitrogens with two attached hydrogens (primary N) is 1. The Morgan fingerprint density at radius 3 is 2.63 bits per heavy atom. The summed E-state index contributed by atoms with van der Waals surface area (Å²) >= 11 is 0. The van der Waals surface area contributed by atoms with E-state index in [4.69, 9.17) is 5.73 Å². The number of hydrogen-bond acceptors (Lipinski definition) is 4. The van der Waals surface area contributed by atoms with Crippen molar-refractivity contribution in [3.8, 4) is 0 Å². The van der Waals surface area contributed by atoms with Crippen LogP contribution in [-0.4, -0.2) is 24.9 Å². The number of benzene rings is 2. The highest BCUT2D eigenvalue weighted by Crippen LogP contribution is 2.32. The molecule has 1 unspecified atom stereocenters. The van der Waals surface area contributed by atoms with E-state index in [-0.39, 0.29) is 23.3 Å². The Morgan fingerprint density at radius 1 is 1.19 bits per heavy atom. The van der Waals surface area contributed by atoms with Gasteiger partial charge in [0.05, 0.1) is 23.8 Å². The van der Waals surface area contributed by atoms with Crippen LogP contribution in [0.15, 0.2) is 48.5 Å². The lowest BCUT2D eigenvalue weighted by Crippen LogP contribution is -2.38. The van der Waals surface area contributed by atoms with Crippen molar-refractivity contribution in [2.75, 3.05) is 23.7 Å². The molecule has 3 rings (SSSR count). The summed E-state index contributed by atoms with van der Waals surface area (Å²) in [6, 6.07) is 15.0. The maximum Gasteiger partial charge on any atom is 0.251 e. The molecule has 6 nitrogen and oxygen atoms in total. The second kappa shape index (κ2) is 7.80. The fourth-order valence-corrected chi connectivity index (χ4v) is 2.92. The summed E-state index contributed by atoms with van der Waals surface area (Å²) < 4.78 is 0. The Morgan fingerprint density at radius 2 is 1.93 bits per heavy atom. The molecule has 142 valence electrons. The van der Waals surface area contributed by atoms with Crippen LogP contribution < -0.4 is 21.7 Å².